The van der Waals surface area contributed by atoms with Gasteiger partial charge in [-0.1, -0.05) is 30.3 Å². The molecule has 2 aromatic carbocycles. The number of nitrogens with one attached hydrogen (secondary N) is 1. The van der Waals surface area contributed by atoms with Gasteiger partial charge in [-0.15, -0.1) is 0 Å². The number of aromatic nitrogens is 3. The molecule has 0 radical (unpaired) electrons. The summed E-state index contributed by atoms with van der Waals surface area (Å²) in [6.07, 6.45) is 6.72. The lowest BCUT2D eigenvalue weighted by molar-refractivity contribution is -0.122. The van der Waals surface area contributed by atoms with Gasteiger partial charge in [-0.25, -0.2) is 20.0 Å². The first kappa shape index (κ1) is 27.2. The number of piperidine rings is 1. The predicted molar refractivity (Wildman–Crippen MR) is 159 cm³/mol. The Morgan fingerprint density at radius 1 is 1.02 bits per heavy atom. The second-order valence-corrected chi connectivity index (χ2v) is 11.3. The van der Waals surface area contributed by atoms with E-state index in [1.165, 1.54) is 5.56 Å². The van der Waals surface area contributed by atoms with Gasteiger partial charge in [-0.2, -0.15) is 0 Å². The zero-order valence-electron chi connectivity index (χ0n) is 24.0. The van der Waals surface area contributed by atoms with Crippen molar-refractivity contribution in [2.45, 2.75) is 49.5 Å². The topological polar surface area (TPSA) is 110 Å². The summed E-state index contributed by atoms with van der Waals surface area (Å²) in [6, 6.07) is 18.5. The van der Waals surface area contributed by atoms with Gasteiger partial charge in [0.05, 0.1) is 31.2 Å². The van der Waals surface area contributed by atoms with Gasteiger partial charge in [-0.3, -0.25) is 0 Å². The highest BCUT2D eigenvalue weighted by Crippen LogP contribution is 2.54. The van der Waals surface area contributed by atoms with Crippen molar-refractivity contribution in [3.8, 4) is 11.5 Å². The smallest absolute Gasteiger partial charge is 0.162 e. The van der Waals surface area contributed by atoms with Crippen LogP contribution in [0.1, 0.15) is 49.7 Å². The number of aldehydes is 1. The molecule has 9 nitrogen and oxygen atoms in total. The standard InChI is InChI=1S/C32H38N6O3/c1-31(28-12-7-15-34-28,30-35-25-20-27(41-3)26(40-2)19-24(25)29(33)36-30)32(22-9-5-4-6-10-22)13-17-37(18-14-32)38-16-8-11-23(38)21-39/h4-7,9-10,12,15,19-21,23,34H,8,11,13-14,16-18H2,1-3H3,(H2,33,35,36). The van der Waals surface area contributed by atoms with Gasteiger partial charge < -0.3 is 25.0 Å². The highest BCUT2D eigenvalue weighted by molar-refractivity contribution is 5.91. The Balaban J connectivity index is 1.52. The molecule has 0 aliphatic carbocycles. The molecule has 2 fully saturated rings. The summed E-state index contributed by atoms with van der Waals surface area (Å²) in [7, 11) is 3.22. The predicted octanol–water partition coefficient (Wildman–Crippen LogP) is 4.48. The minimum atomic E-state index is -0.658. The Labute approximate surface area is 240 Å². The van der Waals surface area contributed by atoms with Crippen LogP contribution in [0.15, 0.2) is 60.8 Å². The maximum absolute atomic E-state index is 11.8. The van der Waals surface area contributed by atoms with Crippen LogP contribution in [0, 0.1) is 0 Å². The third kappa shape index (κ3) is 4.35. The van der Waals surface area contributed by atoms with Crippen LogP contribution in [-0.4, -0.2) is 71.2 Å². The van der Waals surface area contributed by atoms with Crippen LogP contribution in [0.25, 0.3) is 10.9 Å². The van der Waals surface area contributed by atoms with Crippen molar-refractivity contribution in [2.24, 2.45) is 0 Å². The molecule has 214 valence electrons. The molecule has 2 atom stereocenters. The number of anilines is 1. The fraction of sp³-hybridized carbons (Fsp3) is 0.406. The first-order chi connectivity index (χ1) is 19.9. The molecule has 6 rings (SSSR count). The van der Waals surface area contributed by atoms with Gasteiger partial charge in [0.1, 0.15) is 17.9 Å². The van der Waals surface area contributed by atoms with Crippen LogP contribution in [0.5, 0.6) is 11.5 Å². The number of rotatable bonds is 8. The number of H-pyrrole nitrogens is 1. The molecule has 0 spiro atoms. The number of benzene rings is 2. The Morgan fingerprint density at radius 3 is 2.41 bits per heavy atom. The monoisotopic (exact) mass is 554 g/mol. The second kappa shape index (κ2) is 10.8. The number of carbonyl (C=O) groups excluding carboxylic acids is 1. The molecular formula is C32H38N6O3. The van der Waals surface area contributed by atoms with E-state index in [9.17, 15) is 4.79 Å². The van der Waals surface area contributed by atoms with E-state index in [0.29, 0.717) is 28.7 Å². The molecule has 0 amide bonds. The van der Waals surface area contributed by atoms with Crippen molar-refractivity contribution in [1.82, 2.24) is 25.0 Å². The molecule has 2 aliphatic rings. The lowest BCUT2D eigenvalue weighted by atomic mass is 9.54. The van der Waals surface area contributed by atoms with Crippen molar-refractivity contribution in [3.05, 3.63) is 77.9 Å². The molecule has 2 aliphatic heterocycles. The fourth-order valence-corrected chi connectivity index (χ4v) is 7.17. The average Bonchev–Trinajstić information content (AvgIpc) is 3.73. The van der Waals surface area contributed by atoms with Gasteiger partial charge in [0.2, 0.25) is 0 Å². The second-order valence-electron chi connectivity index (χ2n) is 11.3. The Bertz CT molecular complexity index is 1520. The molecule has 4 aromatic rings. The molecule has 41 heavy (non-hydrogen) atoms. The van der Waals surface area contributed by atoms with Crippen LogP contribution in [0.4, 0.5) is 5.82 Å². The van der Waals surface area contributed by atoms with Crippen molar-refractivity contribution < 1.29 is 14.3 Å². The van der Waals surface area contributed by atoms with Crippen LogP contribution in [0.3, 0.4) is 0 Å². The zero-order chi connectivity index (χ0) is 28.6. The largest absolute Gasteiger partial charge is 0.493 e. The molecule has 2 unspecified atom stereocenters. The number of hydrogen-bond acceptors (Lipinski definition) is 8. The fourth-order valence-electron chi connectivity index (χ4n) is 7.17. The van der Waals surface area contributed by atoms with E-state index in [2.05, 4.69) is 58.3 Å². The molecule has 2 saturated heterocycles. The number of hydrogen-bond donors (Lipinski definition) is 2. The van der Waals surface area contributed by atoms with Crippen LogP contribution in [-0.2, 0) is 15.6 Å². The maximum Gasteiger partial charge on any atom is 0.162 e. The SMILES string of the molecule is COc1cc2nc(C(C)(c3ccc[nH]3)C3(c4ccccc4)CCN(N4CCCC4C=O)CC3)nc(N)c2cc1OC. The van der Waals surface area contributed by atoms with Crippen molar-refractivity contribution >= 4 is 23.0 Å². The van der Waals surface area contributed by atoms with Crippen molar-refractivity contribution in [2.75, 3.05) is 39.6 Å². The zero-order valence-corrected chi connectivity index (χ0v) is 24.0. The summed E-state index contributed by atoms with van der Waals surface area (Å²) in [6.45, 7) is 4.81. The third-order valence-electron chi connectivity index (χ3n) is 9.48. The molecular weight excluding hydrogens is 516 g/mol. The summed E-state index contributed by atoms with van der Waals surface area (Å²) in [4.78, 5) is 25.5. The first-order valence-corrected chi connectivity index (χ1v) is 14.3. The number of aromatic amines is 1. The van der Waals surface area contributed by atoms with Crippen LogP contribution < -0.4 is 15.2 Å². The minimum Gasteiger partial charge on any atom is -0.493 e. The summed E-state index contributed by atoms with van der Waals surface area (Å²) in [5.41, 5.74) is 8.61. The van der Waals surface area contributed by atoms with E-state index in [-0.39, 0.29) is 11.5 Å². The lowest BCUT2D eigenvalue weighted by Gasteiger charge is -2.53. The van der Waals surface area contributed by atoms with E-state index in [4.69, 9.17) is 25.2 Å². The normalized spacial score (nSPS) is 21.0. The van der Waals surface area contributed by atoms with E-state index >= 15 is 0 Å². The summed E-state index contributed by atoms with van der Waals surface area (Å²) >= 11 is 0. The Morgan fingerprint density at radius 2 is 1.76 bits per heavy atom. The molecule has 3 N–H and O–H groups in total. The molecule has 0 bridgehead atoms. The van der Waals surface area contributed by atoms with Gasteiger partial charge in [-0.05, 0) is 56.4 Å². The lowest BCUT2D eigenvalue weighted by Crippen LogP contribution is -2.59. The summed E-state index contributed by atoms with van der Waals surface area (Å²) in [5.74, 6) is 2.22. The van der Waals surface area contributed by atoms with Crippen LogP contribution >= 0.6 is 0 Å². The Hall–Kier alpha value is -3.95. The maximum atomic E-state index is 11.8. The minimum absolute atomic E-state index is 0.0374. The number of nitrogens with zero attached hydrogens (tertiary/aromatic N) is 4. The third-order valence-corrected chi connectivity index (χ3v) is 9.48. The highest BCUT2D eigenvalue weighted by atomic mass is 16.5. The summed E-state index contributed by atoms with van der Waals surface area (Å²) < 4.78 is 11.1. The first-order valence-electron chi connectivity index (χ1n) is 14.3. The number of fused-ring (bicyclic) bond motifs is 1. The van der Waals surface area contributed by atoms with Gasteiger partial charge >= 0.3 is 0 Å². The number of ether oxygens (including phenoxy) is 2. The number of nitrogen functional groups attached to an aromatic ring is 1. The molecule has 4 heterocycles. The van der Waals surface area contributed by atoms with E-state index < -0.39 is 5.41 Å². The van der Waals surface area contributed by atoms with E-state index in [1.807, 2.05) is 24.4 Å². The summed E-state index contributed by atoms with van der Waals surface area (Å²) in [5, 5.41) is 5.38. The average molecular weight is 555 g/mol. The number of hydrazine groups is 1. The van der Waals surface area contributed by atoms with E-state index in [1.54, 1.807) is 14.2 Å². The van der Waals surface area contributed by atoms with Gasteiger partial charge in [0.25, 0.3) is 0 Å². The quantitative estimate of drug-likeness (QED) is 0.307. The molecule has 9 heteroatoms. The molecule has 2 aromatic heterocycles. The number of carbonyl (C=O) groups is 1. The number of methoxy groups -OCH3 is 2. The Kier molecular flexibility index (Phi) is 7.17. The van der Waals surface area contributed by atoms with Crippen LogP contribution in [0.2, 0.25) is 0 Å². The number of nitrogens with two attached hydrogens (primary N) is 1. The van der Waals surface area contributed by atoms with Gasteiger partial charge in [0.15, 0.2) is 11.5 Å². The highest BCUT2D eigenvalue weighted by Gasteiger charge is 2.55. The molecule has 0 saturated carbocycles. The van der Waals surface area contributed by atoms with E-state index in [0.717, 1.165) is 62.7 Å². The van der Waals surface area contributed by atoms with Crippen molar-refractivity contribution in [1.29, 1.82) is 0 Å². The van der Waals surface area contributed by atoms with Gasteiger partial charge in [0, 0.05) is 48.4 Å². The van der Waals surface area contributed by atoms with Crippen molar-refractivity contribution in [3.63, 3.8) is 0 Å².